The summed E-state index contributed by atoms with van der Waals surface area (Å²) < 4.78 is 47.4. The van der Waals surface area contributed by atoms with E-state index in [0.717, 1.165) is 25.0 Å². The van der Waals surface area contributed by atoms with E-state index in [1.165, 1.54) is 30.6 Å². The summed E-state index contributed by atoms with van der Waals surface area (Å²) in [6.07, 6.45) is 4.60. The van der Waals surface area contributed by atoms with Crippen LogP contribution in [-0.4, -0.2) is 44.9 Å². The maximum Gasteiger partial charge on any atom is 0.295 e. The van der Waals surface area contributed by atoms with Gasteiger partial charge >= 0.3 is 0 Å². The normalized spacial score (nSPS) is 18.1. The van der Waals surface area contributed by atoms with Gasteiger partial charge in [0.05, 0.1) is 11.6 Å². The first kappa shape index (κ1) is 22.8. The van der Waals surface area contributed by atoms with E-state index in [2.05, 4.69) is 20.3 Å². The Morgan fingerprint density at radius 1 is 1.14 bits per heavy atom. The van der Waals surface area contributed by atoms with E-state index >= 15 is 0 Å². The zero-order valence-corrected chi connectivity index (χ0v) is 18.8. The van der Waals surface area contributed by atoms with Crippen LogP contribution in [0, 0.1) is 23.4 Å². The molecule has 0 spiro atoms. The molecule has 5 rings (SSSR count). The average Bonchev–Trinajstić information content (AvgIpc) is 3.26. The number of hydrogen-bond donors (Lipinski definition) is 1. The molecule has 0 bridgehead atoms. The Labute approximate surface area is 199 Å². The SMILES string of the molecule is CC1CCCN(C(=O)c2cc(F)c(F)cc2-c2ncccn2)C1CNc1nc2cc(F)ccc2o1. The maximum absolute atomic E-state index is 14.2. The Bertz CT molecular complexity index is 1380. The van der Waals surface area contributed by atoms with Crippen molar-refractivity contribution in [3.63, 3.8) is 0 Å². The molecule has 0 aliphatic carbocycles. The minimum atomic E-state index is -1.12. The first-order valence-electron chi connectivity index (χ1n) is 11.3. The number of likely N-dealkylation sites (tertiary alicyclic amines) is 1. The fraction of sp³-hybridized carbons (Fsp3) is 0.280. The van der Waals surface area contributed by atoms with Crippen LogP contribution in [0.25, 0.3) is 22.5 Å². The van der Waals surface area contributed by atoms with Crippen LogP contribution in [0.3, 0.4) is 0 Å². The highest BCUT2D eigenvalue weighted by atomic mass is 19.2. The van der Waals surface area contributed by atoms with Gasteiger partial charge in [0.15, 0.2) is 23.0 Å². The molecule has 2 atom stereocenters. The van der Waals surface area contributed by atoms with Crippen LogP contribution in [0.15, 0.2) is 53.2 Å². The molecular weight excluding hydrogens is 459 g/mol. The molecule has 0 radical (unpaired) electrons. The summed E-state index contributed by atoms with van der Waals surface area (Å²) in [4.78, 5) is 27.8. The standard InChI is InChI=1S/C25H22F3N5O2/c1-14-4-2-9-33(21(14)13-31-25-32-20-10-15(26)5-6-22(20)35-25)24(34)17-12-19(28)18(27)11-16(17)23-29-7-3-8-30-23/h3,5-8,10-12,14,21H,2,4,9,13H2,1H3,(H,31,32). The first-order chi connectivity index (χ1) is 16.9. The van der Waals surface area contributed by atoms with Crippen LogP contribution in [0.1, 0.15) is 30.1 Å². The van der Waals surface area contributed by atoms with E-state index in [1.54, 1.807) is 11.0 Å². The van der Waals surface area contributed by atoms with Gasteiger partial charge in [-0.25, -0.2) is 23.1 Å². The van der Waals surface area contributed by atoms with Gasteiger partial charge in [-0.1, -0.05) is 6.92 Å². The molecule has 1 amide bonds. The predicted octanol–water partition coefficient (Wildman–Crippen LogP) is 5.05. The summed E-state index contributed by atoms with van der Waals surface area (Å²) in [5, 5.41) is 3.10. The second kappa shape index (κ2) is 9.36. The Hall–Kier alpha value is -3.95. The number of carbonyl (C=O) groups is 1. The summed E-state index contributed by atoms with van der Waals surface area (Å²) in [6.45, 7) is 2.78. The number of fused-ring (bicyclic) bond motifs is 1. The number of nitrogens with one attached hydrogen (secondary N) is 1. The fourth-order valence-electron chi connectivity index (χ4n) is 4.48. The second-order valence-corrected chi connectivity index (χ2v) is 8.58. The fourth-order valence-corrected chi connectivity index (χ4v) is 4.48. The van der Waals surface area contributed by atoms with E-state index in [1.807, 2.05) is 6.92 Å². The van der Waals surface area contributed by atoms with E-state index < -0.39 is 23.4 Å². The number of hydrogen-bond acceptors (Lipinski definition) is 6. The number of aromatic nitrogens is 3. The van der Waals surface area contributed by atoms with Crippen molar-refractivity contribution in [2.75, 3.05) is 18.4 Å². The summed E-state index contributed by atoms with van der Waals surface area (Å²) in [7, 11) is 0. The molecule has 2 aromatic carbocycles. The lowest BCUT2D eigenvalue weighted by atomic mass is 9.89. The van der Waals surface area contributed by atoms with Crippen molar-refractivity contribution in [3.8, 4) is 11.4 Å². The van der Waals surface area contributed by atoms with Crippen LogP contribution < -0.4 is 5.32 Å². The summed E-state index contributed by atoms with van der Waals surface area (Å²) in [6, 6.07) is 7.45. The molecule has 2 aromatic heterocycles. The molecule has 1 saturated heterocycles. The van der Waals surface area contributed by atoms with Gasteiger partial charge < -0.3 is 14.6 Å². The highest BCUT2D eigenvalue weighted by molar-refractivity contribution is 6.00. The van der Waals surface area contributed by atoms with Gasteiger partial charge in [0.25, 0.3) is 11.9 Å². The lowest BCUT2D eigenvalue weighted by molar-refractivity contribution is 0.0539. The van der Waals surface area contributed by atoms with Crippen LogP contribution in [0.5, 0.6) is 0 Å². The zero-order valence-electron chi connectivity index (χ0n) is 18.8. The van der Waals surface area contributed by atoms with Gasteiger partial charge in [0.2, 0.25) is 0 Å². The molecule has 7 nitrogen and oxygen atoms in total. The molecule has 180 valence electrons. The Kier molecular flexibility index (Phi) is 6.10. The number of benzene rings is 2. The molecule has 3 heterocycles. The van der Waals surface area contributed by atoms with Gasteiger partial charge in [-0.15, -0.1) is 0 Å². The molecule has 2 unspecified atom stereocenters. The summed E-state index contributed by atoms with van der Waals surface area (Å²) >= 11 is 0. The van der Waals surface area contributed by atoms with Crippen LogP contribution in [0.2, 0.25) is 0 Å². The minimum absolute atomic E-state index is 0.00784. The van der Waals surface area contributed by atoms with E-state index in [9.17, 15) is 18.0 Å². The number of oxazole rings is 1. The summed E-state index contributed by atoms with van der Waals surface area (Å²) in [5.41, 5.74) is 0.936. The van der Waals surface area contributed by atoms with Crippen molar-refractivity contribution in [2.24, 2.45) is 5.92 Å². The lowest BCUT2D eigenvalue weighted by Crippen LogP contribution is -2.51. The van der Waals surface area contributed by atoms with E-state index in [-0.39, 0.29) is 34.9 Å². The first-order valence-corrected chi connectivity index (χ1v) is 11.3. The third-order valence-corrected chi connectivity index (χ3v) is 6.29. The highest BCUT2D eigenvalue weighted by Gasteiger charge is 2.34. The highest BCUT2D eigenvalue weighted by Crippen LogP contribution is 2.30. The monoisotopic (exact) mass is 481 g/mol. The van der Waals surface area contributed by atoms with Crippen molar-refractivity contribution in [2.45, 2.75) is 25.8 Å². The van der Waals surface area contributed by atoms with Crippen molar-refractivity contribution >= 4 is 23.0 Å². The molecule has 35 heavy (non-hydrogen) atoms. The van der Waals surface area contributed by atoms with Crippen molar-refractivity contribution in [1.29, 1.82) is 0 Å². The molecule has 1 N–H and O–H groups in total. The summed E-state index contributed by atoms with van der Waals surface area (Å²) in [5.74, 6) is -2.81. The molecule has 1 fully saturated rings. The number of nitrogens with zero attached hydrogens (tertiary/aromatic N) is 4. The molecule has 10 heteroatoms. The van der Waals surface area contributed by atoms with Gasteiger partial charge in [-0.3, -0.25) is 4.79 Å². The zero-order chi connectivity index (χ0) is 24.5. The van der Waals surface area contributed by atoms with E-state index in [4.69, 9.17) is 4.42 Å². The van der Waals surface area contributed by atoms with Gasteiger partial charge in [0.1, 0.15) is 11.3 Å². The molecule has 1 aliphatic rings. The van der Waals surface area contributed by atoms with Crippen LogP contribution in [0.4, 0.5) is 19.2 Å². The van der Waals surface area contributed by atoms with Crippen molar-refractivity contribution in [3.05, 3.63) is 71.8 Å². The number of amides is 1. The van der Waals surface area contributed by atoms with Crippen LogP contribution in [-0.2, 0) is 0 Å². The second-order valence-electron chi connectivity index (χ2n) is 8.58. The predicted molar refractivity (Wildman–Crippen MR) is 123 cm³/mol. The largest absolute Gasteiger partial charge is 0.424 e. The third-order valence-electron chi connectivity index (χ3n) is 6.29. The maximum atomic E-state index is 14.2. The molecular formula is C25H22F3N5O2. The number of halogens is 3. The minimum Gasteiger partial charge on any atom is -0.424 e. The van der Waals surface area contributed by atoms with E-state index in [0.29, 0.717) is 24.2 Å². The number of carbonyl (C=O) groups excluding carboxylic acids is 1. The molecule has 4 aromatic rings. The topological polar surface area (TPSA) is 84.2 Å². The Balaban J connectivity index is 1.43. The smallest absolute Gasteiger partial charge is 0.295 e. The number of anilines is 1. The lowest BCUT2D eigenvalue weighted by Gasteiger charge is -2.40. The molecule has 1 aliphatic heterocycles. The van der Waals surface area contributed by atoms with Gasteiger partial charge in [0, 0.05) is 37.1 Å². The number of rotatable bonds is 5. The quantitative estimate of drug-likeness (QED) is 0.429. The van der Waals surface area contributed by atoms with Crippen molar-refractivity contribution < 1.29 is 22.4 Å². The Morgan fingerprint density at radius 2 is 1.91 bits per heavy atom. The number of piperidine rings is 1. The Morgan fingerprint density at radius 3 is 2.71 bits per heavy atom. The molecule has 0 saturated carbocycles. The van der Waals surface area contributed by atoms with Gasteiger partial charge in [-0.2, -0.15) is 4.98 Å². The average molecular weight is 481 g/mol. The van der Waals surface area contributed by atoms with Gasteiger partial charge in [-0.05, 0) is 49.1 Å². The van der Waals surface area contributed by atoms with Crippen LogP contribution >= 0.6 is 0 Å². The van der Waals surface area contributed by atoms with Crippen molar-refractivity contribution in [1.82, 2.24) is 19.9 Å². The third kappa shape index (κ3) is 4.55.